The van der Waals surface area contributed by atoms with Gasteiger partial charge in [-0.2, -0.15) is 8.78 Å². The molecule has 124 valence electrons. The van der Waals surface area contributed by atoms with Crippen LogP contribution in [-0.4, -0.2) is 7.11 Å². The maximum Gasteiger partial charge on any atom is 0.426 e. The normalized spacial score (nSPS) is 11.5. The average molecular weight is 353 g/mol. The molecule has 0 fully saturated rings. The summed E-state index contributed by atoms with van der Waals surface area (Å²) in [5.41, 5.74) is -0.314. The fourth-order valence-corrected chi connectivity index (χ4v) is 2.46. The Kier molecular flexibility index (Phi) is 4.28. The van der Waals surface area contributed by atoms with Gasteiger partial charge in [0, 0.05) is 5.39 Å². The monoisotopic (exact) mass is 352 g/mol. The van der Waals surface area contributed by atoms with Crippen LogP contribution in [-0.2, 0) is 6.11 Å². The van der Waals surface area contributed by atoms with Gasteiger partial charge in [-0.15, -0.1) is 0 Å². The average Bonchev–Trinajstić information content (AvgIpc) is 2.58. The number of benzene rings is 3. The molecule has 0 aromatic heterocycles. The molecular weight excluding hydrogens is 341 g/mol. The van der Waals surface area contributed by atoms with Gasteiger partial charge in [-0.3, -0.25) is 0 Å². The predicted molar refractivity (Wildman–Crippen MR) is 86.4 cm³/mol. The molecule has 3 rings (SSSR count). The van der Waals surface area contributed by atoms with Gasteiger partial charge in [-0.1, -0.05) is 17.7 Å². The third kappa shape index (κ3) is 3.12. The first-order chi connectivity index (χ1) is 11.4. The maximum absolute atomic E-state index is 14.3. The van der Waals surface area contributed by atoms with Crippen LogP contribution in [0.25, 0.3) is 10.8 Å². The Morgan fingerprint density at radius 3 is 2.25 bits per heavy atom. The van der Waals surface area contributed by atoms with Crippen LogP contribution >= 0.6 is 11.6 Å². The number of alkyl halides is 2. The zero-order valence-corrected chi connectivity index (χ0v) is 13.3. The molecule has 0 unspecified atom stereocenters. The molecule has 0 radical (unpaired) electrons. The van der Waals surface area contributed by atoms with Crippen molar-refractivity contribution in [2.45, 2.75) is 6.11 Å². The molecule has 0 saturated carbocycles. The van der Waals surface area contributed by atoms with Crippen LogP contribution in [0.1, 0.15) is 5.56 Å². The Morgan fingerprint density at radius 2 is 1.58 bits per heavy atom. The number of halogens is 4. The van der Waals surface area contributed by atoms with E-state index in [1.165, 1.54) is 55.6 Å². The Hall–Kier alpha value is -2.40. The highest BCUT2D eigenvalue weighted by Crippen LogP contribution is 2.34. The molecule has 0 aliphatic carbocycles. The molecule has 0 aliphatic rings. The molecule has 0 aliphatic heterocycles. The summed E-state index contributed by atoms with van der Waals surface area (Å²) in [7, 11) is 1.45. The first-order valence-corrected chi connectivity index (χ1v) is 7.37. The molecule has 2 nitrogen and oxygen atoms in total. The van der Waals surface area contributed by atoms with Gasteiger partial charge in [0.1, 0.15) is 17.3 Å². The van der Waals surface area contributed by atoms with Crippen LogP contribution < -0.4 is 9.47 Å². The van der Waals surface area contributed by atoms with Gasteiger partial charge in [-0.25, -0.2) is 4.39 Å². The summed E-state index contributed by atoms with van der Waals surface area (Å²) in [6.07, 6.45) is -3.54. The van der Waals surface area contributed by atoms with Gasteiger partial charge in [0.25, 0.3) is 0 Å². The van der Waals surface area contributed by atoms with Gasteiger partial charge in [0.15, 0.2) is 0 Å². The first-order valence-electron chi connectivity index (χ1n) is 7.00. The Morgan fingerprint density at radius 1 is 0.917 bits per heavy atom. The minimum atomic E-state index is -3.54. The number of fused-ring (bicyclic) bond motifs is 1. The molecular formula is C18H12ClF3O2. The molecule has 3 aromatic carbocycles. The van der Waals surface area contributed by atoms with Crippen LogP contribution in [0, 0.1) is 5.82 Å². The van der Waals surface area contributed by atoms with E-state index in [1.54, 1.807) is 6.07 Å². The van der Waals surface area contributed by atoms with Crippen molar-refractivity contribution >= 4 is 22.4 Å². The van der Waals surface area contributed by atoms with Crippen LogP contribution in [0.2, 0.25) is 5.02 Å². The lowest BCUT2D eigenvalue weighted by Crippen LogP contribution is -2.21. The maximum atomic E-state index is 14.3. The van der Waals surface area contributed by atoms with Gasteiger partial charge in [0.2, 0.25) is 0 Å². The minimum absolute atomic E-state index is 0.0280. The summed E-state index contributed by atoms with van der Waals surface area (Å²) in [6.45, 7) is 0. The van der Waals surface area contributed by atoms with E-state index in [1.807, 2.05) is 0 Å². The number of hydrogen-bond donors (Lipinski definition) is 0. The predicted octanol–water partition coefficient (Wildman–Crippen LogP) is 5.77. The molecule has 0 heterocycles. The lowest BCUT2D eigenvalue weighted by Gasteiger charge is -2.19. The molecule has 6 heteroatoms. The van der Waals surface area contributed by atoms with Crippen molar-refractivity contribution in [2.24, 2.45) is 0 Å². The summed E-state index contributed by atoms with van der Waals surface area (Å²) in [5.74, 6) is -0.208. The van der Waals surface area contributed by atoms with E-state index >= 15 is 0 Å². The van der Waals surface area contributed by atoms with E-state index in [0.717, 1.165) is 0 Å². The van der Waals surface area contributed by atoms with E-state index in [-0.39, 0.29) is 21.7 Å². The molecule has 0 N–H and O–H groups in total. The summed E-state index contributed by atoms with van der Waals surface area (Å²) in [6, 6.07) is 12.2. The van der Waals surface area contributed by atoms with Crippen LogP contribution in [0.15, 0.2) is 54.6 Å². The largest absolute Gasteiger partial charge is 0.497 e. The summed E-state index contributed by atoms with van der Waals surface area (Å²) in [5, 5.41) is 0.627. The number of ether oxygens (including phenoxy) is 2. The zero-order valence-electron chi connectivity index (χ0n) is 12.5. The van der Waals surface area contributed by atoms with Crippen molar-refractivity contribution in [3.8, 4) is 11.5 Å². The highest BCUT2D eigenvalue weighted by atomic mass is 35.5. The molecule has 0 spiro atoms. The Balaban J connectivity index is 1.91. The minimum Gasteiger partial charge on any atom is -0.497 e. The van der Waals surface area contributed by atoms with Crippen LogP contribution in [0.3, 0.4) is 0 Å². The molecule has 24 heavy (non-hydrogen) atoms. The van der Waals surface area contributed by atoms with Crippen molar-refractivity contribution in [1.29, 1.82) is 0 Å². The topological polar surface area (TPSA) is 18.5 Å². The van der Waals surface area contributed by atoms with Crippen molar-refractivity contribution < 1.29 is 22.6 Å². The second-order valence-electron chi connectivity index (χ2n) is 5.09. The van der Waals surface area contributed by atoms with Gasteiger partial charge >= 0.3 is 6.11 Å². The van der Waals surface area contributed by atoms with Gasteiger partial charge in [0.05, 0.1) is 17.7 Å². The number of methoxy groups -OCH3 is 1. The molecule has 0 atom stereocenters. The number of hydrogen-bond acceptors (Lipinski definition) is 2. The standard InChI is InChI=1S/C18H12ClF3O2/c1-23-13-5-3-12(4-6-13)18(21,22)24-14-7-8-15-11(10-14)2-9-16(19)17(15)20/h2-10H,1H3. The van der Waals surface area contributed by atoms with E-state index in [0.29, 0.717) is 11.1 Å². The van der Waals surface area contributed by atoms with Gasteiger partial charge < -0.3 is 9.47 Å². The van der Waals surface area contributed by atoms with Crippen LogP contribution in [0.4, 0.5) is 13.2 Å². The van der Waals surface area contributed by atoms with Gasteiger partial charge in [-0.05, 0) is 53.9 Å². The second-order valence-corrected chi connectivity index (χ2v) is 5.50. The lowest BCUT2D eigenvalue weighted by molar-refractivity contribution is -0.185. The fourth-order valence-electron chi connectivity index (χ4n) is 2.30. The van der Waals surface area contributed by atoms with Crippen LogP contribution in [0.5, 0.6) is 11.5 Å². The van der Waals surface area contributed by atoms with Crippen molar-refractivity contribution in [2.75, 3.05) is 7.11 Å². The zero-order chi connectivity index (χ0) is 17.3. The second kappa shape index (κ2) is 6.24. The lowest BCUT2D eigenvalue weighted by atomic mass is 10.1. The third-order valence-corrected chi connectivity index (χ3v) is 3.84. The van der Waals surface area contributed by atoms with E-state index in [2.05, 4.69) is 0 Å². The molecule has 0 bridgehead atoms. The van der Waals surface area contributed by atoms with E-state index in [4.69, 9.17) is 21.1 Å². The summed E-state index contributed by atoms with van der Waals surface area (Å²) in [4.78, 5) is 0. The smallest absolute Gasteiger partial charge is 0.426 e. The molecule has 0 amide bonds. The fraction of sp³-hybridized carbons (Fsp3) is 0.111. The Labute approximate surface area is 141 Å². The van der Waals surface area contributed by atoms with E-state index < -0.39 is 11.9 Å². The van der Waals surface area contributed by atoms with E-state index in [9.17, 15) is 13.2 Å². The molecule has 3 aromatic rings. The highest BCUT2D eigenvalue weighted by molar-refractivity contribution is 6.31. The molecule has 0 saturated heterocycles. The van der Waals surface area contributed by atoms with Crippen molar-refractivity contribution in [3.63, 3.8) is 0 Å². The third-order valence-electron chi connectivity index (χ3n) is 3.55. The summed E-state index contributed by atoms with van der Waals surface area (Å²) >= 11 is 5.70. The summed E-state index contributed by atoms with van der Waals surface area (Å²) < 4.78 is 52.1. The highest BCUT2D eigenvalue weighted by Gasteiger charge is 2.34. The Bertz CT molecular complexity index is 879. The quantitative estimate of drug-likeness (QED) is 0.593. The number of rotatable bonds is 4. The SMILES string of the molecule is COc1ccc(C(F)(F)Oc2ccc3c(F)c(Cl)ccc3c2)cc1. The first kappa shape index (κ1) is 16.5. The van der Waals surface area contributed by atoms with Crippen molar-refractivity contribution in [1.82, 2.24) is 0 Å². The van der Waals surface area contributed by atoms with Crippen molar-refractivity contribution in [3.05, 3.63) is 71.0 Å².